The topological polar surface area (TPSA) is 70.1 Å². The lowest BCUT2D eigenvalue weighted by Gasteiger charge is -2.41. The summed E-state index contributed by atoms with van der Waals surface area (Å²) in [6.07, 6.45) is 6.73. The fourth-order valence-corrected chi connectivity index (χ4v) is 2.40. The molecule has 1 aliphatic carbocycles. The molecular weight excluding hydrogens is 228 g/mol. The van der Waals surface area contributed by atoms with Crippen molar-refractivity contribution in [2.24, 2.45) is 0 Å². The van der Waals surface area contributed by atoms with E-state index < -0.39 is 0 Å². The van der Waals surface area contributed by atoms with Crippen molar-refractivity contribution in [3.05, 3.63) is 11.9 Å². The average Bonchev–Trinajstić information content (AvgIpc) is 2.35. The molecule has 1 aromatic rings. The summed E-state index contributed by atoms with van der Waals surface area (Å²) in [5.74, 6) is 1.74. The monoisotopic (exact) mass is 250 g/mol. The Morgan fingerprint density at radius 3 is 2.56 bits per heavy atom. The van der Waals surface area contributed by atoms with Crippen LogP contribution >= 0.6 is 0 Å². The van der Waals surface area contributed by atoms with Gasteiger partial charge < -0.3 is 15.7 Å². The van der Waals surface area contributed by atoms with Crippen LogP contribution in [0, 0.1) is 0 Å². The van der Waals surface area contributed by atoms with E-state index in [9.17, 15) is 5.11 Å². The van der Waals surface area contributed by atoms with Crippen molar-refractivity contribution in [1.29, 1.82) is 0 Å². The molecule has 0 aromatic carbocycles. The second-order valence-corrected chi connectivity index (χ2v) is 4.97. The molecule has 5 nitrogen and oxygen atoms in total. The molecular formula is C13H22N4O. The zero-order valence-corrected chi connectivity index (χ0v) is 11.2. The van der Waals surface area contributed by atoms with Gasteiger partial charge in [-0.05, 0) is 25.7 Å². The van der Waals surface area contributed by atoms with Crippen molar-refractivity contribution in [2.45, 2.75) is 44.6 Å². The Morgan fingerprint density at radius 1 is 1.33 bits per heavy atom. The van der Waals surface area contributed by atoms with Crippen LogP contribution in [0.1, 0.15) is 38.2 Å². The minimum absolute atomic E-state index is 0.164. The molecule has 0 spiro atoms. The highest BCUT2D eigenvalue weighted by Gasteiger charge is 2.37. The van der Waals surface area contributed by atoms with Gasteiger partial charge in [0.05, 0.1) is 12.1 Å². The van der Waals surface area contributed by atoms with Crippen LogP contribution in [0.4, 0.5) is 11.6 Å². The van der Waals surface area contributed by atoms with E-state index in [4.69, 9.17) is 0 Å². The summed E-state index contributed by atoms with van der Waals surface area (Å²) in [5.41, 5.74) is 0.948. The number of nitrogens with one attached hydrogen (secondary N) is 2. The number of hydrogen-bond donors (Lipinski definition) is 3. The summed E-state index contributed by atoms with van der Waals surface area (Å²) in [6, 6.07) is 0. The second kappa shape index (κ2) is 5.52. The van der Waals surface area contributed by atoms with Gasteiger partial charge in [-0.15, -0.1) is 0 Å². The van der Waals surface area contributed by atoms with Crippen molar-refractivity contribution in [3.8, 4) is 0 Å². The molecule has 0 atom stereocenters. The van der Waals surface area contributed by atoms with E-state index in [0.29, 0.717) is 0 Å². The van der Waals surface area contributed by atoms with Gasteiger partial charge in [0.2, 0.25) is 0 Å². The minimum Gasteiger partial charge on any atom is -0.394 e. The largest absolute Gasteiger partial charge is 0.394 e. The first-order valence-electron chi connectivity index (χ1n) is 6.65. The van der Waals surface area contributed by atoms with Gasteiger partial charge in [0.25, 0.3) is 0 Å². The molecule has 1 fully saturated rings. The summed E-state index contributed by atoms with van der Waals surface area (Å²) >= 11 is 0. The number of aliphatic hydroxyl groups excluding tert-OH is 1. The van der Waals surface area contributed by atoms with E-state index in [-0.39, 0.29) is 12.1 Å². The maximum atomic E-state index is 9.52. The number of aromatic nitrogens is 2. The maximum absolute atomic E-state index is 9.52. The highest BCUT2D eigenvalue weighted by molar-refractivity contribution is 5.58. The van der Waals surface area contributed by atoms with Crippen LogP contribution in [0.3, 0.4) is 0 Å². The molecule has 2 rings (SSSR count). The summed E-state index contributed by atoms with van der Waals surface area (Å²) in [4.78, 5) is 8.60. The Bertz CT molecular complexity index is 398. The second-order valence-electron chi connectivity index (χ2n) is 4.97. The predicted octanol–water partition coefficient (Wildman–Crippen LogP) is 1.80. The Balaban J connectivity index is 2.25. The quantitative estimate of drug-likeness (QED) is 0.718. The van der Waals surface area contributed by atoms with Crippen LogP contribution in [-0.4, -0.2) is 34.3 Å². The standard InChI is InChI=1S/C13H22N4O/c1-3-5-10-11(14-2)15-9-16-12(10)17-13(8-18)6-4-7-13/h9,18H,3-8H2,1-2H3,(H2,14,15,16,17). The fraction of sp³-hybridized carbons (Fsp3) is 0.692. The molecule has 0 unspecified atom stereocenters. The third-order valence-corrected chi connectivity index (χ3v) is 3.68. The number of aliphatic hydroxyl groups is 1. The van der Waals surface area contributed by atoms with E-state index in [0.717, 1.165) is 42.9 Å². The van der Waals surface area contributed by atoms with Crippen molar-refractivity contribution < 1.29 is 5.11 Å². The molecule has 0 amide bonds. The molecule has 0 aliphatic heterocycles. The molecule has 100 valence electrons. The molecule has 0 radical (unpaired) electrons. The Kier molecular flexibility index (Phi) is 4.01. The first-order chi connectivity index (χ1) is 8.74. The van der Waals surface area contributed by atoms with Crippen molar-refractivity contribution in [1.82, 2.24) is 9.97 Å². The molecule has 0 saturated heterocycles. The smallest absolute Gasteiger partial charge is 0.135 e. The average molecular weight is 250 g/mol. The number of hydrogen-bond acceptors (Lipinski definition) is 5. The van der Waals surface area contributed by atoms with Crippen molar-refractivity contribution >= 4 is 11.6 Å². The van der Waals surface area contributed by atoms with Gasteiger partial charge >= 0.3 is 0 Å². The van der Waals surface area contributed by atoms with E-state index in [1.807, 2.05) is 7.05 Å². The van der Waals surface area contributed by atoms with Gasteiger partial charge in [-0.1, -0.05) is 13.3 Å². The van der Waals surface area contributed by atoms with Gasteiger partial charge in [0, 0.05) is 12.6 Å². The van der Waals surface area contributed by atoms with Gasteiger partial charge in [-0.2, -0.15) is 0 Å². The van der Waals surface area contributed by atoms with E-state index in [1.54, 1.807) is 6.33 Å². The zero-order valence-electron chi connectivity index (χ0n) is 11.2. The van der Waals surface area contributed by atoms with E-state index >= 15 is 0 Å². The normalized spacial score (nSPS) is 17.1. The molecule has 3 N–H and O–H groups in total. The van der Waals surface area contributed by atoms with Gasteiger partial charge in [-0.3, -0.25) is 0 Å². The summed E-state index contributed by atoms with van der Waals surface area (Å²) in [6.45, 7) is 2.30. The van der Waals surface area contributed by atoms with Gasteiger partial charge in [-0.25, -0.2) is 9.97 Å². The summed E-state index contributed by atoms with van der Waals surface area (Å²) in [5, 5.41) is 16.1. The number of anilines is 2. The van der Waals surface area contributed by atoms with E-state index in [1.165, 1.54) is 6.42 Å². The summed E-state index contributed by atoms with van der Waals surface area (Å²) in [7, 11) is 1.87. The van der Waals surface area contributed by atoms with Crippen LogP contribution < -0.4 is 10.6 Å². The van der Waals surface area contributed by atoms with Crippen LogP contribution in [0.25, 0.3) is 0 Å². The molecule has 0 bridgehead atoms. The van der Waals surface area contributed by atoms with Gasteiger partial charge in [0.1, 0.15) is 18.0 Å². The maximum Gasteiger partial charge on any atom is 0.135 e. The fourth-order valence-electron chi connectivity index (χ4n) is 2.40. The van der Waals surface area contributed by atoms with Crippen LogP contribution in [0.5, 0.6) is 0 Å². The number of rotatable bonds is 6. The molecule has 1 heterocycles. The number of nitrogens with zero attached hydrogens (tertiary/aromatic N) is 2. The molecule has 18 heavy (non-hydrogen) atoms. The van der Waals surface area contributed by atoms with Crippen LogP contribution in [0.2, 0.25) is 0 Å². The Hall–Kier alpha value is -1.36. The van der Waals surface area contributed by atoms with Crippen LogP contribution in [-0.2, 0) is 6.42 Å². The third-order valence-electron chi connectivity index (χ3n) is 3.68. The molecule has 1 aromatic heterocycles. The lowest BCUT2D eigenvalue weighted by Crippen LogP contribution is -2.48. The van der Waals surface area contributed by atoms with Crippen LogP contribution in [0.15, 0.2) is 6.33 Å². The highest BCUT2D eigenvalue weighted by Crippen LogP contribution is 2.36. The summed E-state index contributed by atoms with van der Waals surface area (Å²) < 4.78 is 0. The SMILES string of the molecule is CCCc1c(NC)ncnc1NC1(CO)CCC1. The Labute approximate surface area is 108 Å². The van der Waals surface area contributed by atoms with E-state index in [2.05, 4.69) is 27.5 Å². The molecule has 1 aliphatic rings. The lowest BCUT2D eigenvalue weighted by molar-refractivity contribution is 0.143. The first kappa shape index (κ1) is 13.1. The third kappa shape index (κ3) is 2.41. The Morgan fingerprint density at radius 2 is 2.06 bits per heavy atom. The minimum atomic E-state index is -0.165. The first-order valence-corrected chi connectivity index (χ1v) is 6.65. The lowest BCUT2D eigenvalue weighted by atomic mass is 9.77. The zero-order chi connectivity index (χ0) is 13.0. The molecule has 1 saturated carbocycles. The highest BCUT2D eigenvalue weighted by atomic mass is 16.3. The molecule has 5 heteroatoms. The van der Waals surface area contributed by atoms with Gasteiger partial charge in [0.15, 0.2) is 0 Å². The predicted molar refractivity (Wildman–Crippen MR) is 72.9 cm³/mol. The van der Waals surface area contributed by atoms with Crippen molar-refractivity contribution in [2.75, 3.05) is 24.3 Å². The van der Waals surface area contributed by atoms with Crippen molar-refractivity contribution in [3.63, 3.8) is 0 Å².